The Morgan fingerprint density at radius 1 is 0.543 bits per heavy atom. The maximum Gasteiger partial charge on any atom is 0.0921 e. The van der Waals surface area contributed by atoms with Gasteiger partial charge in [0.1, 0.15) is 0 Å². The van der Waals surface area contributed by atoms with E-state index in [1.165, 1.54) is 166 Å². The van der Waals surface area contributed by atoms with Gasteiger partial charge in [-0.15, -0.1) is 0 Å². The first-order chi connectivity index (χ1) is 22.9. The van der Waals surface area contributed by atoms with Crippen molar-refractivity contribution in [2.75, 3.05) is 6.54 Å². The zero-order chi connectivity index (χ0) is 32.9. The molecule has 0 bridgehead atoms. The summed E-state index contributed by atoms with van der Waals surface area (Å²) >= 11 is 0. The van der Waals surface area contributed by atoms with Crippen molar-refractivity contribution in [3.8, 4) is 0 Å². The van der Waals surface area contributed by atoms with Crippen LogP contribution >= 0.6 is 0 Å². The second kappa shape index (κ2) is 36.0. The number of hydrogen-bond donors (Lipinski definition) is 2. The molecular formula is C43H77N3. The molecule has 0 spiro atoms. The molecule has 1 aromatic heterocycles. The number of nitrogens with zero attached hydrogens (tertiary/aromatic N) is 1. The molecule has 264 valence electrons. The molecule has 3 nitrogen and oxygen atoms in total. The summed E-state index contributed by atoms with van der Waals surface area (Å²) in [7, 11) is 0. The van der Waals surface area contributed by atoms with Gasteiger partial charge in [-0.05, 0) is 96.4 Å². The SMILES string of the molecule is CCCCCC=CCC=CCCCCCCCCC(CCCCCCCCC=CCC=CCCCCC)NCCCc1cnc[nH]1. The van der Waals surface area contributed by atoms with Crippen LogP contribution in [0.5, 0.6) is 0 Å². The van der Waals surface area contributed by atoms with Crippen LogP contribution in [-0.2, 0) is 6.42 Å². The predicted octanol–water partition coefficient (Wildman–Crippen LogP) is 13.7. The summed E-state index contributed by atoms with van der Waals surface area (Å²) in [6.45, 7) is 5.66. The van der Waals surface area contributed by atoms with Gasteiger partial charge in [-0.3, -0.25) is 0 Å². The molecule has 1 aromatic rings. The number of aryl methyl sites for hydroxylation is 1. The van der Waals surface area contributed by atoms with Crippen molar-refractivity contribution in [2.24, 2.45) is 0 Å². The lowest BCUT2D eigenvalue weighted by Gasteiger charge is -2.19. The fraction of sp³-hybridized carbons (Fsp3) is 0.744. The van der Waals surface area contributed by atoms with Crippen molar-refractivity contribution in [1.29, 1.82) is 0 Å². The molecule has 46 heavy (non-hydrogen) atoms. The Hall–Kier alpha value is -1.87. The molecule has 2 N–H and O–H groups in total. The summed E-state index contributed by atoms with van der Waals surface area (Å²) in [6.07, 6.45) is 59.6. The number of unbranched alkanes of at least 4 members (excludes halogenated alkanes) is 18. The lowest BCUT2D eigenvalue weighted by Crippen LogP contribution is -2.30. The average molecular weight is 636 g/mol. The van der Waals surface area contributed by atoms with Gasteiger partial charge in [0.25, 0.3) is 0 Å². The molecule has 1 heterocycles. The Bertz CT molecular complexity index is 771. The van der Waals surface area contributed by atoms with Crippen molar-refractivity contribution in [1.82, 2.24) is 15.3 Å². The maximum absolute atomic E-state index is 4.16. The van der Waals surface area contributed by atoms with Crippen molar-refractivity contribution in [3.05, 3.63) is 66.8 Å². The highest BCUT2D eigenvalue weighted by Gasteiger charge is 2.08. The van der Waals surface area contributed by atoms with Gasteiger partial charge in [0.05, 0.1) is 6.33 Å². The Morgan fingerprint density at radius 2 is 0.978 bits per heavy atom. The van der Waals surface area contributed by atoms with Gasteiger partial charge < -0.3 is 10.3 Å². The summed E-state index contributed by atoms with van der Waals surface area (Å²) in [5.74, 6) is 0. The van der Waals surface area contributed by atoms with E-state index in [9.17, 15) is 0 Å². The molecule has 0 fully saturated rings. The third-order valence-electron chi connectivity index (χ3n) is 9.12. The lowest BCUT2D eigenvalue weighted by atomic mass is 9.99. The third-order valence-corrected chi connectivity index (χ3v) is 9.12. The van der Waals surface area contributed by atoms with Crippen molar-refractivity contribution >= 4 is 0 Å². The van der Waals surface area contributed by atoms with Crippen molar-refractivity contribution < 1.29 is 0 Å². The second-order valence-electron chi connectivity index (χ2n) is 13.6. The predicted molar refractivity (Wildman–Crippen MR) is 207 cm³/mol. The molecular weight excluding hydrogens is 558 g/mol. The smallest absolute Gasteiger partial charge is 0.0921 e. The quantitative estimate of drug-likeness (QED) is 0.0575. The van der Waals surface area contributed by atoms with Gasteiger partial charge in [-0.2, -0.15) is 0 Å². The van der Waals surface area contributed by atoms with Crippen molar-refractivity contribution in [2.45, 2.75) is 200 Å². The minimum absolute atomic E-state index is 0.693. The number of H-pyrrole nitrogens is 1. The van der Waals surface area contributed by atoms with Gasteiger partial charge in [0.15, 0.2) is 0 Å². The van der Waals surface area contributed by atoms with E-state index in [0.717, 1.165) is 25.8 Å². The summed E-state index contributed by atoms with van der Waals surface area (Å²) in [5, 5.41) is 3.93. The molecule has 0 saturated heterocycles. The van der Waals surface area contributed by atoms with E-state index in [2.05, 4.69) is 77.7 Å². The molecule has 3 heteroatoms. The highest BCUT2D eigenvalue weighted by atomic mass is 14.9. The van der Waals surface area contributed by atoms with E-state index in [-0.39, 0.29) is 0 Å². The lowest BCUT2D eigenvalue weighted by molar-refractivity contribution is 0.409. The topological polar surface area (TPSA) is 40.7 Å². The first-order valence-electron chi connectivity index (χ1n) is 20.2. The van der Waals surface area contributed by atoms with Crippen LogP contribution in [0.2, 0.25) is 0 Å². The molecule has 0 aliphatic rings. The van der Waals surface area contributed by atoms with E-state index in [1.807, 2.05) is 6.20 Å². The average Bonchev–Trinajstić information content (AvgIpc) is 3.59. The number of hydrogen-bond acceptors (Lipinski definition) is 2. The van der Waals surface area contributed by atoms with E-state index >= 15 is 0 Å². The van der Waals surface area contributed by atoms with Crippen LogP contribution in [0.25, 0.3) is 0 Å². The summed E-state index contributed by atoms with van der Waals surface area (Å²) in [4.78, 5) is 7.41. The molecule has 0 radical (unpaired) electrons. The Labute approximate surface area is 287 Å². The molecule has 0 saturated carbocycles. The van der Waals surface area contributed by atoms with Gasteiger partial charge >= 0.3 is 0 Å². The van der Waals surface area contributed by atoms with E-state index < -0.39 is 0 Å². The summed E-state index contributed by atoms with van der Waals surface area (Å²) < 4.78 is 0. The van der Waals surface area contributed by atoms with Gasteiger partial charge in [0.2, 0.25) is 0 Å². The van der Waals surface area contributed by atoms with Crippen LogP contribution in [0.4, 0.5) is 0 Å². The van der Waals surface area contributed by atoms with Crippen LogP contribution in [0.1, 0.15) is 193 Å². The highest BCUT2D eigenvalue weighted by molar-refractivity contribution is 4.94. The number of allylic oxidation sites excluding steroid dienone is 8. The summed E-state index contributed by atoms with van der Waals surface area (Å²) in [6, 6.07) is 0.693. The number of rotatable bonds is 35. The largest absolute Gasteiger partial charge is 0.348 e. The zero-order valence-electron chi connectivity index (χ0n) is 30.8. The summed E-state index contributed by atoms with van der Waals surface area (Å²) in [5.41, 5.74) is 1.26. The van der Waals surface area contributed by atoms with Crippen LogP contribution in [-0.4, -0.2) is 22.6 Å². The fourth-order valence-electron chi connectivity index (χ4n) is 6.11. The molecule has 0 aliphatic carbocycles. The Morgan fingerprint density at radius 3 is 1.41 bits per heavy atom. The van der Waals surface area contributed by atoms with E-state index in [1.54, 1.807) is 6.33 Å². The van der Waals surface area contributed by atoms with Crippen molar-refractivity contribution in [3.63, 3.8) is 0 Å². The van der Waals surface area contributed by atoms with E-state index in [0.29, 0.717) is 6.04 Å². The molecule has 0 aliphatic heterocycles. The molecule has 0 aromatic carbocycles. The van der Waals surface area contributed by atoms with E-state index in [4.69, 9.17) is 0 Å². The first-order valence-corrected chi connectivity index (χ1v) is 20.2. The monoisotopic (exact) mass is 636 g/mol. The van der Waals surface area contributed by atoms with Gasteiger partial charge in [-0.1, -0.05) is 152 Å². The number of aromatic amines is 1. The normalized spacial score (nSPS) is 13.0. The molecule has 0 amide bonds. The van der Waals surface area contributed by atoms with Crippen LogP contribution < -0.4 is 5.32 Å². The fourth-order valence-corrected chi connectivity index (χ4v) is 6.11. The standard InChI is InChI=1S/C43H77N3/c1-3-5-7-9-11-13-15-17-19-21-23-25-27-29-31-33-36-42(45-39-35-38-43-40-44-41-46-43)37-34-32-30-28-26-24-22-20-18-16-14-12-10-8-6-4-2/h11-14,17-20,40-42,45H,3-10,15-16,21-39H2,1-2H3,(H,44,46). The highest BCUT2D eigenvalue weighted by Crippen LogP contribution is 2.16. The van der Waals surface area contributed by atoms with Crippen LogP contribution in [0.15, 0.2) is 61.1 Å². The zero-order valence-corrected chi connectivity index (χ0v) is 30.8. The van der Waals surface area contributed by atoms with Gasteiger partial charge in [-0.25, -0.2) is 4.98 Å². The number of imidazole rings is 1. The molecule has 1 rings (SSSR count). The molecule has 0 atom stereocenters. The first kappa shape index (κ1) is 42.2. The molecule has 0 unspecified atom stereocenters. The maximum atomic E-state index is 4.16. The minimum Gasteiger partial charge on any atom is -0.348 e. The Kier molecular flexibility index (Phi) is 33.0. The van der Waals surface area contributed by atoms with Crippen LogP contribution in [0, 0.1) is 0 Å². The van der Waals surface area contributed by atoms with Crippen LogP contribution in [0.3, 0.4) is 0 Å². The third kappa shape index (κ3) is 30.8. The minimum atomic E-state index is 0.693. The number of aromatic nitrogens is 2. The van der Waals surface area contributed by atoms with Gasteiger partial charge in [0, 0.05) is 17.9 Å². The second-order valence-corrected chi connectivity index (χ2v) is 13.6. The Balaban J connectivity index is 2.08. The number of nitrogens with one attached hydrogen (secondary N) is 2.